The molecule has 2 fully saturated rings. The molecule has 2 saturated heterocycles. The molecule has 0 spiro atoms. The first-order valence-electron chi connectivity index (χ1n) is 11.2. The van der Waals surface area contributed by atoms with E-state index in [0.29, 0.717) is 0 Å². The molecule has 3 aromatic rings. The van der Waals surface area contributed by atoms with Gasteiger partial charge in [0.25, 0.3) is 5.91 Å². The first kappa shape index (κ1) is 20.1. The third kappa shape index (κ3) is 3.48. The van der Waals surface area contributed by atoms with Crippen LogP contribution in [-0.2, 0) is 7.05 Å². The zero-order chi connectivity index (χ0) is 21.7. The number of amides is 1. The second-order valence-electron chi connectivity index (χ2n) is 9.05. The van der Waals surface area contributed by atoms with Gasteiger partial charge in [0, 0.05) is 62.4 Å². The van der Waals surface area contributed by atoms with E-state index in [1.807, 2.05) is 52.5 Å². The molecule has 1 amide bonds. The van der Waals surface area contributed by atoms with Crippen LogP contribution >= 0.6 is 0 Å². The fourth-order valence-electron chi connectivity index (χ4n) is 4.95. The minimum Gasteiger partial charge on any atom is -0.355 e. The lowest BCUT2D eigenvalue weighted by atomic mass is 9.98. The Balaban J connectivity index is 1.48. The Bertz CT molecular complexity index is 1130. The normalized spacial score (nSPS) is 21.9. The topological polar surface area (TPSA) is 84.7 Å². The minimum absolute atomic E-state index is 0.0217. The van der Waals surface area contributed by atoms with Gasteiger partial charge in [0.1, 0.15) is 5.82 Å². The van der Waals surface area contributed by atoms with Gasteiger partial charge in [0.15, 0.2) is 5.65 Å². The summed E-state index contributed by atoms with van der Waals surface area (Å²) in [6.07, 6.45) is 8.03. The van der Waals surface area contributed by atoms with Crippen molar-refractivity contribution in [3.05, 3.63) is 47.0 Å². The molecule has 8 nitrogen and oxygen atoms in total. The molecule has 2 N–H and O–H groups in total. The number of aryl methyl sites for hydroxylation is 2. The average molecular weight is 422 g/mol. The van der Waals surface area contributed by atoms with Crippen molar-refractivity contribution in [3.63, 3.8) is 0 Å². The molecule has 31 heavy (non-hydrogen) atoms. The number of likely N-dealkylation sites (tertiary alicyclic amines) is 1. The molecular weight excluding hydrogens is 390 g/mol. The smallest absolute Gasteiger partial charge is 0.256 e. The molecule has 0 aliphatic carbocycles. The number of carbonyl (C=O) groups is 1. The Morgan fingerprint density at radius 3 is 2.74 bits per heavy atom. The summed E-state index contributed by atoms with van der Waals surface area (Å²) < 4.78 is 3.85. The molecule has 2 atom stereocenters. The van der Waals surface area contributed by atoms with Crippen molar-refractivity contribution in [3.8, 4) is 0 Å². The molecular formula is C23H31N7O. The monoisotopic (exact) mass is 421 g/mol. The molecule has 8 heteroatoms. The number of anilines is 1. The van der Waals surface area contributed by atoms with E-state index in [2.05, 4.69) is 11.8 Å². The Morgan fingerprint density at radius 1 is 1.19 bits per heavy atom. The van der Waals surface area contributed by atoms with Crippen LogP contribution in [0.3, 0.4) is 0 Å². The van der Waals surface area contributed by atoms with Gasteiger partial charge in [-0.3, -0.25) is 4.79 Å². The highest BCUT2D eigenvalue weighted by Gasteiger charge is 2.32. The van der Waals surface area contributed by atoms with Crippen molar-refractivity contribution in [2.45, 2.75) is 51.6 Å². The Hall–Kier alpha value is -2.87. The number of rotatable bonds is 3. The van der Waals surface area contributed by atoms with Crippen LogP contribution in [0.5, 0.6) is 0 Å². The maximum Gasteiger partial charge on any atom is 0.256 e. The third-order valence-corrected chi connectivity index (χ3v) is 6.87. The summed E-state index contributed by atoms with van der Waals surface area (Å²) in [6, 6.07) is 4.16. The fourth-order valence-corrected chi connectivity index (χ4v) is 4.95. The summed E-state index contributed by atoms with van der Waals surface area (Å²) in [5.74, 6) is 1.08. The summed E-state index contributed by atoms with van der Waals surface area (Å²) in [4.78, 5) is 22.6. The van der Waals surface area contributed by atoms with E-state index >= 15 is 0 Å². The number of nitrogens with two attached hydrogens (primary N) is 1. The fraction of sp³-hybridized carbons (Fsp3) is 0.522. The van der Waals surface area contributed by atoms with Gasteiger partial charge in [-0.1, -0.05) is 0 Å². The molecule has 2 aliphatic heterocycles. The van der Waals surface area contributed by atoms with Crippen LogP contribution in [0.25, 0.3) is 5.65 Å². The number of carbonyl (C=O) groups excluding carboxylic acids is 1. The van der Waals surface area contributed by atoms with Crippen LogP contribution in [0.2, 0.25) is 0 Å². The van der Waals surface area contributed by atoms with Gasteiger partial charge in [0.05, 0.1) is 17.3 Å². The third-order valence-electron chi connectivity index (χ3n) is 6.87. The quantitative estimate of drug-likeness (QED) is 0.703. The number of hydrogen-bond acceptors (Lipinski definition) is 5. The van der Waals surface area contributed by atoms with Crippen LogP contribution in [-0.4, -0.2) is 55.6 Å². The van der Waals surface area contributed by atoms with E-state index < -0.39 is 0 Å². The predicted molar refractivity (Wildman–Crippen MR) is 120 cm³/mol. The van der Waals surface area contributed by atoms with Crippen molar-refractivity contribution in [1.82, 2.24) is 24.1 Å². The van der Waals surface area contributed by atoms with E-state index in [1.54, 1.807) is 0 Å². The minimum atomic E-state index is -0.0217. The molecule has 0 bridgehead atoms. The molecule has 164 valence electrons. The van der Waals surface area contributed by atoms with Crippen LogP contribution in [0.1, 0.15) is 59.0 Å². The summed E-state index contributed by atoms with van der Waals surface area (Å²) in [5.41, 5.74) is 10.7. The van der Waals surface area contributed by atoms with E-state index in [1.165, 1.54) is 0 Å². The van der Waals surface area contributed by atoms with Gasteiger partial charge in [-0.15, -0.1) is 0 Å². The maximum atomic E-state index is 13.4. The lowest BCUT2D eigenvalue weighted by molar-refractivity contribution is 0.0605. The molecule has 0 aromatic carbocycles. The summed E-state index contributed by atoms with van der Waals surface area (Å²) in [7, 11) is 1.97. The van der Waals surface area contributed by atoms with E-state index in [-0.39, 0.29) is 18.0 Å². The van der Waals surface area contributed by atoms with Crippen molar-refractivity contribution >= 4 is 17.4 Å². The van der Waals surface area contributed by atoms with Crippen molar-refractivity contribution in [1.29, 1.82) is 0 Å². The van der Waals surface area contributed by atoms with Gasteiger partial charge in [0.2, 0.25) is 0 Å². The molecule has 3 aromatic heterocycles. The van der Waals surface area contributed by atoms with E-state index in [4.69, 9.17) is 15.8 Å². The van der Waals surface area contributed by atoms with Gasteiger partial charge in [-0.25, -0.2) is 9.50 Å². The maximum absolute atomic E-state index is 13.4. The Morgan fingerprint density at radius 2 is 2.03 bits per heavy atom. The lowest BCUT2D eigenvalue weighted by Gasteiger charge is -2.34. The van der Waals surface area contributed by atoms with Gasteiger partial charge in [-0.2, -0.15) is 5.10 Å². The number of hydrogen-bond donors (Lipinski definition) is 1. The lowest BCUT2D eigenvalue weighted by Crippen LogP contribution is -2.38. The zero-order valence-corrected chi connectivity index (χ0v) is 18.6. The summed E-state index contributed by atoms with van der Waals surface area (Å²) >= 11 is 0. The standard InChI is InChI=1S/C23H31N7O/c1-15-13-30-21(25-22(15)28-11-7-17(24)14-28)12-19(26-30)20-6-4-5-9-29(20)23(31)18-8-10-27(3)16(18)2/h8,10,12-13,17,20H,4-7,9,11,14,24H2,1-3H3/t17-,20-/m0/s1. The van der Waals surface area contributed by atoms with Crippen LogP contribution in [0.15, 0.2) is 24.5 Å². The molecule has 0 unspecified atom stereocenters. The van der Waals surface area contributed by atoms with Crippen molar-refractivity contribution < 1.29 is 4.79 Å². The highest BCUT2D eigenvalue weighted by Crippen LogP contribution is 2.33. The van der Waals surface area contributed by atoms with E-state index in [0.717, 1.165) is 79.3 Å². The second-order valence-corrected chi connectivity index (χ2v) is 9.05. The Kier molecular flexibility index (Phi) is 4.97. The number of nitrogens with zero attached hydrogens (tertiary/aromatic N) is 6. The van der Waals surface area contributed by atoms with Crippen LogP contribution in [0.4, 0.5) is 5.82 Å². The molecule has 5 rings (SSSR count). The predicted octanol–water partition coefficient (Wildman–Crippen LogP) is 2.59. The molecule has 0 saturated carbocycles. The number of fused-ring (bicyclic) bond motifs is 1. The average Bonchev–Trinajstić information content (AvgIpc) is 3.46. The first-order valence-corrected chi connectivity index (χ1v) is 11.2. The van der Waals surface area contributed by atoms with Crippen molar-refractivity contribution in [2.24, 2.45) is 12.8 Å². The van der Waals surface area contributed by atoms with Gasteiger partial charge in [-0.05, 0) is 45.6 Å². The molecule has 0 radical (unpaired) electrons. The second kappa shape index (κ2) is 7.67. The molecule has 5 heterocycles. The highest BCUT2D eigenvalue weighted by molar-refractivity contribution is 5.95. The highest BCUT2D eigenvalue weighted by atomic mass is 16.2. The van der Waals surface area contributed by atoms with Crippen LogP contribution < -0.4 is 10.6 Å². The van der Waals surface area contributed by atoms with Crippen LogP contribution in [0, 0.1) is 13.8 Å². The summed E-state index contributed by atoms with van der Waals surface area (Å²) in [5, 5.41) is 4.85. The van der Waals surface area contributed by atoms with Gasteiger partial charge < -0.3 is 20.1 Å². The number of aromatic nitrogens is 4. The number of piperidine rings is 1. The largest absolute Gasteiger partial charge is 0.355 e. The van der Waals surface area contributed by atoms with Crippen molar-refractivity contribution in [2.75, 3.05) is 24.5 Å². The first-order chi connectivity index (χ1) is 14.9. The SMILES string of the molecule is Cc1cn2nc([C@@H]3CCCCN3C(=O)c3ccn(C)c3C)cc2nc1N1CC[C@H](N)C1. The Labute approximate surface area is 182 Å². The van der Waals surface area contributed by atoms with Gasteiger partial charge >= 0.3 is 0 Å². The van der Waals surface area contributed by atoms with E-state index in [9.17, 15) is 4.79 Å². The zero-order valence-electron chi connectivity index (χ0n) is 18.6. The summed E-state index contributed by atoms with van der Waals surface area (Å²) in [6.45, 7) is 6.60. The molecule has 2 aliphatic rings.